The van der Waals surface area contributed by atoms with Crippen LogP contribution in [0.4, 0.5) is 0 Å². The lowest BCUT2D eigenvalue weighted by Crippen LogP contribution is -1.95. The van der Waals surface area contributed by atoms with E-state index in [1.807, 2.05) is 30.4 Å². The van der Waals surface area contributed by atoms with Crippen molar-refractivity contribution in [2.24, 2.45) is 0 Å². The molecule has 0 radical (unpaired) electrons. The summed E-state index contributed by atoms with van der Waals surface area (Å²) in [5, 5.41) is 0. The van der Waals surface area contributed by atoms with Crippen molar-refractivity contribution in [3.8, 4) is 0 Å². The molecule has 1 heterocycles. The zero-order valence-electron chi connectivity index (χ0n) is 9.34. The van der Waals surface area contributed by atoms with Gasteiger partial charge in [0.25, 0.3) is 0 Å². The summed E-state index contributed by atoms with van der Waals surface area (Å²) >= 11 is 0. The number of epoxide rings is 1. The van der Waals surface area contributed by atoms with Crippen molar-refractivity contribution in [3.05, 3.63) is 48.0 Å². The fraction of sp³-hybridized carbons (Fsp3) is 0.385. The minimum Gasteiger partial charge on any atom is -0.360 e. The lowest BCUT2D eigenvalue weighted by Gasteiger charge is -1.96. The fourth-order valence-corrected chi connectivity index (χ4v) is 1.57. The van der Waals surface area contributed by atoms with E-state index in [9.17, 15) is 0 Å². The van der Waals surface area contributed by atoms with Crippen molar-refractivity contribution >= 4 is 0 Å². The lowest BCUT2D eigenvalue weighted by atomic mass is 10.1. The van der Waals surface area contributed by atoms with E-state index in [1.165, 1.54) is 5.56 Å². The Labute approximate surface area is 95.6 Å². The summed E-state index contributed by atoms with van der Waals surface area (Å²) in [7, 11) is 1.61. The maximum absolute atomic E-state index is 5.54. The average molecular weight is 220 g/mol. The molecule has 3 heteroatoms. The van der Waals surface area contributed by atoms with E-state index in [0.29, 0.717) is 13.4 Å². The van der Waals surface area contributed by atoms with Gasteiger partial charge in [-0.15, -0.1) is 0 Å². The molecule has 1 aliphatic heterocycles. The molecule has 1 aromatic rings. The van der Waals surface area contributed by atoms with E-state index >= 15 is 0 Å². The van der Waals surface area contributed by atoms with Crippen molar-refractivity contribution in [1.82, 2.24) is 0 Å². The van der Waals surface area contributed by atoms with Crippen LogP contribution < -0.4 is 0 Å². The standard InChI is InChI=1S/C13H16O3/c1-14-10-15-9-5-8-12-13(16-12)11-6-3-2-4-7-11/h2-8,12-13H,9-10H2,1H3/b8-5+/t12-,13?/m1/s1. The highest BCUT2D eigenvalue weighted by atomic mass is 16.7. The Kier molecular flexibility index (Phi) is 4.10. The second kappa shape index (κ2) is 5.80. The van der Waals surface area contributed by atoms with Crippen LogP contribution in [0.15, 0.2) is 42.5 Å². The molecule has 2 atom stereocenters. The van der Waals surface area contributed by atoms with Gasteiger partial charge in [-0.05, 0) is 5.56 Å². The Morgan fingerprint density at radius 3 is 2.88 bits per heavy atom. The molecule has 0 bridgehead atoms. The first-order valence-corrected chi connectivity index (χ1v) is 5.35. The highest BCUT2D eigenvalue weighted by molar-refractivity contribution is 5.24. The van der Waals surface area contributed by atoms with E-state index < -0.39 is 0 Å². The number of rotatable bonds is 6. The maximum atomic E-state index is 5.54. The van der Waals surface area contributed by atoms with Gasteiger partial charge >= 0.3 is 0 Å². The number of hydrogen-bond donors (Lipinski definition) is 0. The minimum atomic E-state index is 0.202. The first-order valence-electron chi connectivity index (χ1n) is 5.35. The zero-order valence-corrected chi connectivity index (χ0v) is 9.34. The molecule has 0 N–H and O–H groups in total. The molecule has 0 aliphatic carbocycles. The van der Waals surface area contributed by atoms with Gasteiger partial charge < -0.3 is 14.2 Å². The van der Waals surface area contributed by atoms with Gasteiger partial charge in [0.05, 0.1) is 6.61 Å². The van der Waals surface area contributed by atoms with Gasteiger partial charge in [-0.2, -0.15) is 0 Å². The van der Waals surface area contributed by atoms with Crippen molar-refractivity contribution in [2.45, 2.75) is 12.2 Å². The molecule has 1 aliphatic rings. The summed E-state index contributed by atoms with van der Waals surface area (Å²) in [6.45, 7) is 0.896. The van der Waals surface area contributed by atoms with Crippen LogP contribution in [0, 0.1) is 0 Å². The average Bonchev–Trinajstić information content (AvgIpc) is 3.10. The smallest absolute Gasteiger partial charge is 0.146 e. The fourth-order valence-electron chi connectivity index (χ4n) is 1.57. The molecule has 1 fully saturated rings. The van der Waals surface area contributed by atoms with E-state index in [0.717, 1.165) is 0 Å². The van der Waals surface area contributed by atoms with Crippen LogP contribution in [0.2, 0.25) is 0 Å². The van der Waals surface area contributed by atoms with Crippen LogP contribution in [0.1, 0.15) is 11.7 Å². The molecule has 86 valence electrons. The Morgan fingerprint density at radius 2 is 2.12 bits per heavy atom. The van der Waals surface area contributed by atoms with E-state index in [2.05, 4.69) is 12.1 Å². The summed E-state index contributed by atoms with van der Waals surface area (Å²) in [6.07, 6.45) is 4.42. The Morgan fingerprint density at radius 1 is 1.31 bits per heavy atom. The molecular formula is C13H16O3. The zero-order chi connectivity index (χ0) is 11.2. The molecule has 0 saturated carbocycles. The normalized spacial score (nSPS) is 23.8. The van der Waals surface area contributed by atoms with Gasteiger partial charge in [-0.3, -0.25) is 0 Å². The number of hydrogen-bond acceptors (Lipinski definition) is 3. The van der Waals surface area contributed by atoms with Gasteiger partial charge in [-0.1, -0.05) is 42.5 Å². The molecule has 0 spiro atoms. The number of ether oxygens (including phenoxy) is 3. The summed E-state index contributed by atoms with van der Waals surface area (Å²) in [5.74, 6) is 0. The number of benzene rings is 1. The molecular weight excluding hydrogens is 204 g/mol. The topological polar surface area (TPSA) is 31.0 Å². The molecule has 1 saturated heterocycles. The van der Waals surface area contributed by atoms with Gasteiger partial charge in [-0.25, -0.2) is 0 Å². The predicted molar refractivity (Wildman–Crippen MR) is 61.0 cm³/mol. The maximum Gasteiger partial charge on any atom is 0.146 e. The molecule has 0 amide bonds. The summed E-state index contributed by atoms with van der Waals surface area (Å²) in [5.41, 5.74) is 1.23. The molecule has 1 unspecified atom stereocenters. The van der Waals surface area contributed by atoms with Crippen LogP contribution in [0.3, 0.4) is 0 Å². The second-order valence-electron chi connectivity index (χ2n) is 3.64. The van der Waals surface area contributed by atoms with Crippen molar-refractivity contribution in [2.75, 3.05) is 20.5 Å². The highest BCUT2D eigenvalue weighted by Crippen LogP contribution is 2.39. The van der Waals surface area contributed by atoms with Crippen LogP contribution in [-0.4, -0.2) is 26.6 Å². The second-order valence-corrected chi connectivity index (χ2v) is 3.64. The largest absolute Gasteiger partial charge is 0.360 e. The first-order chi connectivity index (χ1) is 7.92. The Hall–Kier alpha value is -1.16. The molecule has 0 aromatic heterocycles. The van der Waals surface area contributed by atoms with Crippen molar-refractivity contribution in [3.63, 3.8) is 0 Å². The third-order valence-corrected chi connectivity index (χ3v) is 2.39. The van der Waals surface area contributed by atoms with Gasteiger partial charge in [0.1, 0.15) is 19.0 Å². The molecule has 1 aromatic carbocycles. The van der Waals surface area contributed by atoms with Gasteiger partial charge in [0, 0.05) is 7.11 Å². The lowest BCUT2D eigenvalue weighted by molar-refractivity contribution is -0.0187. The quantitative estimate of drug-likeness (QED) is 0.319. The highest BCUT2D eigenvalue weighted by Gasteiger charge is 2.37. The van der Waals surface area contributed by atoms with Crippen LogP contribution in [-0.2, 0) is 14.2 Å². The van der Waals surface area contributed by atoms with Crippen LogP contribution in [0.25, 0.3) is 0 Å². The van der Waals surface area contributed by atoms with Crippen LogP contribution in [0.5, 0.6) is 0 Å². The van der Waals surface area contributed by atoms with E-state index in [-0.39, 0.29) is 12.2 Å². The van der Waals surface area contributed by atoms with Crippen molar-refractivity contribution in [1.29, 1.82) is 0 Å². The molecule has 3 nitrogen and oxygen atoms in total. The number of methoxy groups -OCH3 is 1. The predicted octanol–water partition coefficient (Wildman–Crippen LogP) is 2.30. The van der Waals surface area contributed by atoms with Crippen molar-refractivity contribution < 1.29 is 14.2 Å². The van der Waals surface area contributed by atoms with E-state index in [1.54, 1.807) is 7.11 Å². The molecule has 2 rings (SSSR count). The monoisotopic (exact) mass is 220 g/mol. The third kappa shape index (κ3) is 3.17. The SMILES string of the molecule is COCOC/C=C/[C@H]1OC1c1ccccc1. The Balaban J connectivity index is 1.71. The summed E-state index contributed by atoms with van der Waals surface area (Å²) < 4.78 is 15.4. The van der Waals surface area contributed by atoms with E-state index in [4.69, 9.17) is 14.2 Å². The van der Waals surface area contributed by atoms with Crippen LogP contribution >= 0.6 is 0 Å². The summed E-state index contributed by atoms with van der Waals surface area (Å²) in [6, 6.07) is 10.2. The minimum absolute atomic E-state index is 0.202. The van der Waals surface area contributed by atoms with Gasteiger partial charge in [0.15, 0.2) is 0 Å². The third-order valence-electron chi connectivity index (χ3n) is 2.39. The van der Waals surface area contributed by atoms with Gasteiger partial charge in [0.2, 0.25) is 0 Å². The molecule has 16 heavy (non-hydrogen) atoms. The first kappa shape index (κ1) is 11.3. The Bertz CT molecular complexity index is 334. The summed E-state index contributed by atoms with van der Waals surface area (Å²) in [4.78, 5) is 0.